The quantitative estimate of drug-likeness (QED) is 0.640. The third-order valence-electron chi connectivity index (χ3n) is 1.65. The van der Waals surface area contributed by atoms with E-state index in [1.54, 1.807) is 5.04 Å². The summed E-state index contributed by atoms with van der Waals surface area (Å²) < 4.78 is 0. The molecule has 1 aromatic carbocycles. The van der Waals surface area contributed by atoms with E-state index in [0.717, 1.165) is 16.8 Å². The Bertz CT molecular complexity index is 324. The summed E-state index contributed by atoms with van der Waals surface area (Å²) in [4.78, 5) is 0. The van der Waals surface area contributed by atoms with Crippen molar-refractivity contribution in [3.63, 3.8) is 0 Å². The first-order chi connectivity index (χ1) is 5.95. The van der Waals surface area contributed by atoms with Crippen molar-refractivity contribution in [3.05, 3.63) is 48.3 Å². The van der Waals surface area contributed by atoms with Gasteiger partial charge >= 0.3 is 0 Å². The Labute approximate surface area is 75.9 Å². The second-order valence-corrected chi connectivity index (χ2v) is 5.60. The maximum Gasteiger partial charge on any atom is -0.00634 e. The predicted molar refractivity (Wildman–Crippen MR) is 60.0 cm³/mol. The summed E-state index contributed by atoms with van der Waals surface area (Å²) in [6.07, 6.45) is 0. The summed E-state index contributed by atoms with van der Waals surface area (Å²) in [5.74, 6) is 2.24. The van der Waals surface area contributed by atoms with E-state index in [1.165, 1.54) is 5.30 Å². The molecule has 1 heterocycles. The van der Waals surface area contributed by atoms with Crippen molar-refractivity contribution in [1.82, 2.24) is 0 Å². The van der Waals surface area contributed by atoms with E-state index in [1.807, 2.05) is 0 Å². The maximum atomic E-state index is 2.24. The average molecular weight is 192 g/mol. The highest BCUT2D eigenvalue weighted by Gasteiger charge is 1.93. The molecule has 2 heteroatoms. The van der Waals surface area contributed by atoms with Gasteiger partial charge in [0, 0.05) is 0 Å². The molecule has 2 rings (SSSR count). The number of hydrogen-bond donors (Lipinski definition) is 0. The molecule has 0 aliphatic carbocycles. The van der Waals surface area contributed by atoms with Crippen molar-refractivity contribution < 1.29 is 0 Å². The van der Waals surface area contributed by atoms with Crippen LogP contribution in [0.15, 0.2) is 48.3 Å². The molecule has 0 saturated heterocycles. The zero-order valence-electron chi connectivity index (χ0n) is 6.62. The average Bonchev–Trinajstić information content (AvgIpc) is 2.59. The normalized spacial score (nSPS) is 11.7. The fourth-order valence-corrected chi connectivity index (χ4v) is 3.47. The minimum atomic E-state index is 0.869. The van der Waals surface area contributed by atoms with E-state index in [4.69, 9.17) is 0 Å². The maximum absolute atomic E-state index is 2.24. The van der Waals surface area contributed by atoms with E-state index in [0.29, 0.717) is 0 Å². The molecular weight excluding hydrogens is 182 g/mol. The first kappa shape index (κ1) is 8.05. The van der Waals surface area contributed by atoms with Crippen molar-refractivity contribution in [2.75, 3.05) is 0 Å². The highest BCUT2D eigenvalue weighted by atomic mass is 31.1. The van der Waals surface area contributed by atoms with Gasteiger partial charge in [-0.3, -0.25) is 0 Å². The Kier molecular flexibility index (Phi) is 2.61. The van der Waals surface area contributed by atoms with Gasteiger partial charge in [-0.2, -0.15) is 0 Å². The molecule has 2 aromatic rings. The lowest BCUT2D eigenvalue weighted by atomic mass is 10.4. The van der Waals surface area contributed by atoms with Crippen LogP contribution in [-0.4, -0.2) is 0 Å². The van der Waals surface area contributed by atoms with Gasteiger partial charge in [-0.1, -0.05) is 51.0 Å². The Hall–Kier alpha value is -0.570. The van der Waals surface area contributed by atoms with Crippen molar-refractivity contribution in [3.8, 4) is 0 Å². The first-order valence-corrected chi connectivity index (χ1v) is 5.98. The lowest BCUT2D eigenvalue weighted by Gasteiger charge is -1.97. The fourth-order valence-electron chi connectivity index (χ4n) is 1.09. The van der Waals surface area contributed by atoms with Gasteiger partial charge in [0.2, 0.25) is 0 Å². The zero-order valence-corrected chi connectivity index (χ0v) is 8.62. The molecule has 0 spiro atoms. The zero-order chi connectivity index (χ0) is 8.23. The van der Waals surface area contributed by atoms with Crippen LogP contribution < -0.4 is 10.3 Å². The molecule has 12 heavy (non-hydrogen) atoms. The summed E-state index contributed by atoms with van der Waals surface area (Å²) >= 11 is 0. The van der Waals surface area contributed by atoms with Gasteiger partial charge < -0.3 is 0 Å². The molecule has 0 radical (unpaired) electrons. The molecule has 0 fully saturated rings. The molecule has 0 aliphatic rings. The third kappa shape index (κ3) is 1.97. The highest BCUT2D eigenvalue weighted by Crippen LogP contribution is 2.16. The van der Waals surface area contributed by atoms with Crippen molar-refractivity contribution in [2.24, 2.45) is 0 Å². The van der Waals surface area contributed by atoms with Crippen LogP contribution in [0.4, 0.5) is 0 Å². The van der Waals surface area contributed by atoms with Gasteiger partial charge in [0.25, 0.3) is 0 Å². The van der Waals surface area contributed by atoms with Crippen molar-refractivity contribution in [2.45, 2.75) is 0 Å². The molecule has 0 saturated carbocycles. The SMILES string of the molecule is c1ccc(Pc2ccc[pH]2)cc1. The minimum absolute atomic E-state index is 0.869. The standard InChI is InChI=1S/C10H10P2/c1-2-5-9(6-3-1)12-10-7-4-8-11-10/h1-8,11-12H. The third-order valence-corrected chi connectivity index (χ3v) is 4.35. The van der Waals surface area contributed by atoms with E-state index in [9.17, 15) is 0 Å². The second kappa shape index (κ2) is 3.90. The van der Waals surface area contributed by atoms with E-state index < -0.39 is 0 Å². The van der Waals surface area contributed by atoms with Gasteiger partial charge in [0.1, 0.15) is 0 Å². The molecule has 0 aliphatic heterocycles. The molecule has 60 valence electrons. The van der Waals surface area contributed by atoms with Gasteiger partial charge in [0.05, 0.1) is 0 Å². The minimum Gasteiger partial charge on any atom is -0.132 e. The van der Waals surface area contributed by atoms with E-state index >= 15 is 0 Å². The second-order valence-electron chi connectivity index (χ2n) is 2.57. The summed E-state index contributed by atoms with van der Waals surface area (Å²) in [7, 11) is 1.79. The fraction of sp³-hybridized carbons (Fsp3) is 0. The van der Waals surface area contributed by atoms with Crippen LogP contribution in [0.1, 0.15) is 0 Å². The lowest BCUT2D eigenvalue weighted by Crippen LogP contribution is -1.96. The van der Waals surface area contributed by atoms with Crippen LogP contribution in [0.25, 0.3) is 0 Å². The molecule has 0 nitrogen and oxygen atoms in total. The Balaban J connectivity index is 2.15. The van der Waals surface area contributed by atoms with Crippen LogP contribution in [0.5, 0.6) is 0 Å². The van der Waals surface area contributed by atoms with Crippen LogP contribution in [-0.2, 0) is 0 Å². The predicted octanol–water partition coefficient (Wildman–Crippen LogP) is 2.35. The van der Waals surface area contributed by atoms with Gasteiger partial charge in [-0.25, -0.2) is 0 Å². The van der Waals surface area contributed by atoms with E-state index in [-0.39, 0.29) is 0 Å². The van der Waals surface area contributed by atoms with Crippen molar-refractivity contribution >= 4 is 27.1 Å². The summed E-state index contributed by atoms with van der Waals surface area (Å²) in [6, 6.07) is 15.1. The van der Waals surface area contributed by atoms with Gasteiger partial charge in [-0.05, 0) is 16.1 Å². The molecule has 0 bridgehead atoms. The van der Waals surface area contributed by atoms with E-state index in [2.05, 4.69) is 48.3 Å². The lowest BCUT2D eigenvalue weighted by molar-refractivity contribution is 1.78. The smallest absolute Gasteiger partial charge is 0.00634 e. The number of rotatable bonds is 2. The molecule has 2 unspecified atom stereocenters. The summed E-state index contributed by atoms with van der Waals surface area (Å²) in [6.45, 7) is 0. The van der Waals surface area contributed by atoms with Crippen LogP contribution >= 0.6 is 16.8 Å². The molecule has 0 amide bonds. The number of benzene rings is 1. The van der Waals surface area contributed by atoms with Crippen LogP contribution in [0, 0.1) is 0 Å². The summed E-state index contributed by atoms with van der Waals surface area (Å²) in [5.41, 5.74) is 0. The van der Waals surface area contributed by atoms with Crippen LogP contribution in [0.3, 0.4) is 0 Å². The van der Waals surface area contributed by atoms with Gasteiger partial charge in [-0.15, -0.1) is 8.19 Å². The monoisotopic (exact) mass is 192 g/mol. The van der Waals surface area contributed by atoms with Crippen molar-refractivity contribution in [1.29, 1.82) is 0 Å². The first-order valence-electron chi connectivity index (χ1n) is 3.90. The molecular formula is C10H10P2. The Morgan fingerprint density at radius 3 is 2.42 bits per heavy atom. The Morgan fingerprint density at radius 2 is 1.75 bits per heavy atom. The molecule has 0 N–H and O–H groups in total. The van der Waals surface area contributed by atoms with Gasteiger partial charge in [0.15, 0.2) is 0 Å². The largest absolute Gasteiger partial charge is 0.132 e. The summed E-state index contributed by atoms with van der Waals surface area (Å²) in [5, 5.41) is 3.01. The highest BCUT2D eigenvalue weighted by molar-refractivity contribution is 7.66. The molecule has 2 atom stereocenters. The topological polar surface area (TPSA) is 0 Å². The molecule has 1 aromatic heterocycles. The Morgan fingerprint density at radius 1 is 0.917 bits per heavy atom. The number of hydrogen-bond acceptors (Lipinski definition) is 0. The van der Waals surface area contributed by atoms with Crippen LogP contribution in [0.2, 0.25) is 0 Å².